The highest BCUT2D eigenvalue weighted by Gasteiger charge is 1.97. The number of hydrogen-bond donors (Lipinski definition) is 2. The van der Waals surface area contributed by atoms with E-state index < -0.39 is 0 Å². The SMILES string of the molecule is CCCCCC(O)CC.N. The first-order valence-corrected chi connectivity index (χ1v) is 3.99. The zero-order valence-corrected chi connectivity index (χ0v) is 7.27. The van der Waals surface area contributed by atoms with Gasteiger partial charge in [-0.2, -0.15) is 0 Å². The quantitative estimate of drug-likeness (QED) is 0.587. The summed E-state index contributed by atoms with van der Waals surface area (Å²) >= 11 is 0. The Bertz CT molecular complexity index is 57.2. The molecule has 0 heterocycles. The van der Waals surface area contributed by atoms with Crippen molar-refractivity contribution < 1.29 is 5.11 Å². The van der Waals surface area contributed by atoms with E-state index in [9.17, 15) is 0 Å². The molecule has 0 spiro atoms. The number of hydrogen-bond acceptors (Lipinski definition) is 2. The lowest BCUT2D eigenvalue weighted by Crippen LogP contribution is -2.02. The number of unbranched alkanes of at least 4 members (excludes halogenated alkanes) is 2. The summed E-state index contributed by atoms with van der Waals surface area (Å²) in [5, 5.41) is 9.08. The van der Waals surface area contributed by atoms with Gasteiger partial charge in [0, 0.05) is 0 Å². The molecule has 0 aliphatic rings. The molecule has 0 aromatic heterocycles. The number of rotatable bonds is 5. The van der Waals surface area contributed by atoms with E-state index in [2.05, 4.69) is 6.92 Å². The topological polar surface area (TPSA) is 55.2 Å². The van der Waals surface area contributed by atoms with Gasteiger partial charge in [0.2, 0.25) is 0 Å². The van der Waals surface area contributed by atoms with Crippen LogP contribution in [0.15, 0.2) is 0 Å². The van der Waals surface area contributed by atoms with Crippen LogP contribution in [-0.4, -0.2) is 11.2 Å². The molecular formula is C8H21NO. The molecule has 0 saturated carbocycles. The van der Waals surface area contributed by atoms with E-state index in [0.717, 1.165) is 12.8 Å². The van der Waals surface area contributed by atoms with Crippen LogP contribution in [0.2, 0.25) is 0 Å². The standard InChI is InChI=1S/C8H18O.H3N/c1-3-5-6-7-8(9)4-2;/h8-9H,3-7H2,1-2H3;1H3. The Morgan fingerprint density at radius 2 is 1.80 bits per heavy atom. The van der Waals surface area contributed by atoms with Gasteiger partial charge in [0.05, 0.1) is 6.10 Å². The van der Waals surface area contributed by atoms with Gasteiger partial charge in [0.1, 0.15) is 0 Å². The van der Waals surface area contributed by atoms with E-state index in [4.69, 9.17) is 5.11 Å². The van der Waals surface area contributed by atoms with Gasteiger partial charge >= 0.3 is 0 Å². The van der Waals surface area contributed by atoms with Crippen molar-refractivity contribution in [3.8, 4) is 0 Å². The van der Waals surface area contributed by atoms with E-state index in [-0.39, 0.29) is 12.3 Å². The summed E-state index contributed by atoms with van der Waals surface area (Å²) in [7, 11) is 0. The molecule has 0 fully saturated rings. The van der Waals surface area contributed by atoms with Crippen LogP contribution in [0.4, 0.5) is 0 Å². The van der Waals surface area contributed by atoms with Gasteiger partial charge in [0.15, 0.2) is 0 Å². The molecule has 0 aromatic carbocycles. The second-order valence-corrected chi connectivity index (χ2v) is 2.56. The molecular weight excluding hydrogens is 126 g/mol. The van der Waals surface area contributed by atoms with Crippen LogP contribution in [0.1, 0.15) is 46.0 Å². The highest BCUT2D eigenvalue weighted by atomic mass is 16.3. The Kier molecular flexibility index (Phi) is 11.2. The minimum Gasteiger partial charge on any atom is -0.393 e. The normalized spacial score (nSPS) is 12.3. The molecule has 1 unspecified atom stereocenters. The van der Waals surface area contributed by atoms with Crippen molar-refractivity contribution in [2.45, 2.75) is 52.1 Å². The Morgan fingerprint density at radius 1 is 1.20 bits per heavy atom. The molecule has 2 heteroatoms. The van der Waals surface area contributed by atoms with Gasteiger partial charge in [-0.1, -0.05) is 33.1 Å². The first-order chi connectivity index (χ1) is 4.31. The molecule has 0 aliphatic heterocycles. The summed E-state index contributed by atoms with van der Waals surface area (Å²) in [6.07, 6.45) is 5.55. The zero-order valence-electron chi connectivity index (χ0n) is 7.27. The highest BCUT2D eigenvalue weighted by Crippen LogP contribution is 2.04. The molecule has 0 bridgehead atoms. The smallest absolute Gasteiger partial charge is 0.0537 e. The third-order valence-electron chi connectivity index (χ3n) is 1.61. The van der Waals surface area contributed by atoms with Gasteiger partial charge < -0.3 is 11.3 Å². The Balaban J connectivity index is 0. The molecule has 1 atom stereocenters. The zero-order chi connectivity index (χ0) is 7.11. The Labute approximate surface area is 64.2 Å². The first kappa shape index (κ1) is 12.6. The predicted molar refractivity (Wildman–Crippen MR) is 45.5 cm³/mol. The fourth-order valence-corrected chi connectivity index (χ4v) is 0.834. The summed E-state index contributed by atoms with van der Waals surface area (Å²) < 4.78 is 0. The van der Waals surface area contributed by atoms with Gasteiger partial charge in [0.25, 0.3) is 0 Å². The molecule has 64 valence electrons. The van der Waals surface area contributed by atoms with Crippen LogP contribution >= 0.6 is 0 Å². The van der Waals surface area contributed by atoms with Crippen LogP contribution in [0.25, 0.3) is 0 Å². The molecule has 0 aliphatic carbocycles. The van der Waals surface area contributed by atoms with Gasteiger partial charge in [-0.15, -0.1) is 0 Å². The lowest BCUT2D eigenvalue weighted by molar-refractivity contribution is 0.156. The third kappa shape index (κ3) is 7.92. The molecule has 10 heavy (non-hydrogen) atoms. The van der Waals surface area contributed by atoms with Crippen molar-refractivity contribution in [3.63, 3.8) is 0 Å². The van der Waals surface area contributed by atoms with E-state index in [1.165, 1.54) is 19.3 Å². The summed E-state index contributed by atoms with van der Waals surface area (Å²) in [5.41, 5.74) is 0. The second kappa shape index (κ2) is 8.92. The fourth-order valence-electron chi connectivity index (χ4n) is 0.834. The van der Waals surface area contributed by atoms with Crippen molar-refractivity contribution in [1.29, 1.82) is 0 Å². The van der Waals surface area contributed by atoms with Crippen molar-refractivity contribution in [3.05, 3.63) is 0 Å². The van der Waals surface area contributed by atoms with Crippen LogP contribution in [0.3, 0.4) is 0 Å². The summed E-state index contributed by atoms with van der Waals surface area (Å²) in [6, 6.07) is 0. The highest BCUT2D eigenvalue weighted by molar-refractivity contribution is 4.51. The van der Waals surface area contributed by atoms with E-state index >= 15 is 0 Å². The predicted octanol–water partition coefficient (Wildman–Crippen LogP) is 2.50. The molecule has 0 amide bonds. The maximum Gasteiger partial charge on any atom is 0.0537 e. The maximum atomic E-state index is 9.08. The molecule has 2 nitrogen and oxygen atoms in total. The summed E-state index contributed by atoms with van der Waals surface area (Å²) in [5.74, 6) is 0. The average molecular weight is 147 g/mol. The fraction of sp³-hybridized carbons (Fsp3) is 1.00. The van der Waals surface area contributed by atoms with E-state index in [0.29, 0.717) is 0 Å². The number of aliphatic hydroxyl groups is 1. The molecule has 4 N–H and O–H groups in total. The van der Waals surface area contributed by atoms with Crippen LogP contribution in [0, 0.1) is 0 Å². The second-order valence-electron chi connectivity index (χ2n) is 2.56. The minimum atomic E-state index is -0.0449. The molecule has 0 aromatic rings. The largest absolute Gasteiger partial charge is 0.393 e. The van der Waals surface area contributed by atoms with Crippen molar-refractivity contribution in [2.24, 2.45) is 0 Å². The molecule has 0 radical (unpaired) electrons. The first-order valence-electron chi connectivity index (χ1n) is 3.99. The average Bonchev–Trinajstić information content (AvgIpc) is 1.89. The van der Waals surface area contributed by atoms with Crippen molar-refractivity contribution >= 4 is 0 Å². The summed E-state index contributed by atoms with van der Waals surface area (Å²) in [6.45, 7) is 4.20. The van der Waals surface area contributed by atoms with Gasteiger partial charge in [-0.25, -0.2) is 0 Å². The monoisotopic (exact) mass is 147 g/mol. The Hall–Kier alpha value is -0.0800. The molecule has 0 saturated heterocycles. The minimum absolute atomic E-state index is 0. The summed E-state index contributed by atoms with van der Waals surface area (Å²) in [4.78, 5) is 0. The lowest BCUT2D eigenvalue weighted by atomic mass is 10.1. The number of aliphatic hydroxyl groups excluding tert-OH is 1. The van der Waals surface area contributed by atoms with Crippen molar-refractivity contribution in [1.82, 2.24) is 6.15 Å². The third-order valence-corrected chi connectivity index (χ3v) is 1.61. The van der Waals surface area contributed by atoms with Crippen LogP contribution < -0.4 is 6.15 Å². The van der Waals surface area contributed by atoms with E-state index in [1.54, 1.807) is 0 Å². The van der Waals surface area contributed by atoms with Gasteiger partial charge in [-0.05, 0) is 12.8 Å². The molecule has 0 rings (SSSR count). The van der Waals surface area contributed by atoms with E-state index in [1.807, 2.05) is 6.92 Å². The maximum absolute atomic E-state index is 9.08. The van der Waals surface area contributed by atoms with Crippen LogP contribution in [-0.2, 0) is 0 Å². The lowest BCUT2D eigenvalue weighted by Gasteiger charge is -2.04. The van der Waals surface area contributed by atoms with Crippen molar-refractivity contribution in [2.75, 3.05) is 0 Å². The Morgan fingerprint density at radius 3 is 2.20 bits per heavy atom. The van der Waals surface area contributed by atoms with Crippen LogP contribution in [0.5, 0.6) is 0 Å². The van der Waals surface area contributed by atoms with Gasteiger partial charge in [-0.3, -0.25) is 0 Å².